The minimum Gasteiger partial charge on any atom is -0.382 e. The number of hydrogen-bond donors (Lipinski definition) is 0. The average Bonchev–Trinajstić information content (AvgIpc) is 3.05. The third-order valence-corrected chi connectivity index (χ3v) is 3.69. The number of nitrogens with zero attached hydrogens (tertiary/aromatic N) is 4. The lowest BCUT2D eigenvalue weighted by molar-refractivity contribution is 0.162. The maximum Gasteiger partial charge on any atom is 0.141 e. The fourth-order valence-electron chi connectivity index (χ4n) is 2.24. The van der Waals surface area contributed by atoms with Crippen LogP contribution in [0.3, 0.4) is 0 Å². The highest BCUT2D eigenvalue weighted by molar-refractivity contribution is 6.31. The van der Waals surface area contributed by atoms with Gasteiger partial charge in [0.05, 0.1) is 23.5 Å². The lowest BCUT2D eigenvalue weighted by Gasteiger charge is -2.15. The first-order valence-electron chi connectivity index (χ1n) is 6.96. The lowest BCUT2D eigenvalue weighted by Crippen LogP contribution is -2.18. The zero-order chi connectivity index (χ0) is 16.2. The molecule has 0 bridgehead atoms. The lowest BCUT2D eigenvalue weighted by atomic mass is 10.1. The molecular formula is C16H14ClFN4O. The average molecular weight is 333 g/mol. The SMILES string of the molecule is COCC(c1ccccn1)n1cc(-c2ccc(F)c(Cl)c2)nn1. The topological polar surface area (TPSA) is 52.8 Å². The van der Waals surface area contributed by atoms with E-state index in [1.807, 2.05) is 18.2 Å². The van der Waals surface area contributed by atoms with Crippen LogP contribution in [0, 0.1) is 5.82 Å². The van der Waals surface area contributed by atoms with Crippen LogP contribution in [-0.4, -0.2) is 33.7 Å². The molecule has 0 radical (unpaired) electrons. The van der Waals surface area contributed by atoms with Crippen LogP contribution in [0.15, 0.2) is 48.8 Å². The monoisotopic (exact) mass is 332 g/mol. The Kier molecular flexibility index (Phi) is 4.64. The molecule has 0 aliphatic carbocycles. The van der Waals surface area contributed by atoms with Gasteiger partial charge in [0, 0.05) is 18.9 Å². The number of hydrogen-bond acceptors (Lipinski definition) is 4. The second kappa shape index (κ2) is 6.85. The Balaban J connectivity index is 1.94. The number of aromatic nitrogens is 4. The molecule has 1 atom stereocenters. The Hall–Kier alpha value is -2.31. The maximum absolute atomic E-state index is 13.3. The highest BCUT2D eigenvalue weighted by atomic mass is 35.5. The molecule has 3 aromatic rings. The Morgan fingerprint density at radius 2 is 2.17 bits per heavy atom. The molecule has 2 heterocycles. The van der Waals surface area contributed by atoms with E-state index >= 15 is 0 Å². The summed E-state index contributed by atoms with van der Waals surface area (Å²) >= 11 is 5.82. The molecule has 0 aliphatic rings. The highest BCUT2D eigenvalue weighted by Gasteiger charge is 2.17. The summed E-state index contributed by atoms with van der Waals surface area (Å²) < 4.78 is 20.2. The zero-order valence-corrected chi connectivity index (χ0v) is 13.1. The molecular weight excluding hydrogens is 319 g/mol. The maximum atomic E-state index is 13.3. The summed E-state index contributed by atoms with van der Waals surface area (Å²) in [6, 6.07) is 9.91. The molecule has 0 spiro atoms. The first-order chi connectivity index (χ1) is 11.2. The molecule has 23 heavy (non-hydrogen) atoms. The van der Waals surface area contributed by atoms with Crippen molar-refractivity contribution in [3.63, 3.8) is 0 Å². The summed E-state index contributed by atoms with van der Waals surface area (Å²) in [5.41, 5.74) is 2.12. The minimum absolute atomic E-state index is 0.0511. The number of pyridine rings is 1. The summed E-state index contributed by atoms with van der Waals surface area (Å²) in [4.78, 5) is 4.34. The minimum atomic E-state index is -0.464. The quantitative estimate of drug-likeness (QED) is 0.719. The van der Waals surface area contributed by atoms with Crippen LogP contribution in [-0.2, 0) is 4.74 Å². The molecule has 3 rings (SSSR count). The molecule has 2 aromatic heterocycles. The Morgan fingerprint density at radius 1 is 1.30 bits per heavy atom. The van der Waals surface area contributed by atoms with Crippen LogP contribution in [0.1, 0.15) is 11.7 Å². The second-order valence-corrected chi connectivity index (χ2v) is 5.35. The summed E-state index contributed by atoms with van der Waals surface area (Å²) in [6.45, 7) is 0.407. The van der Waals surface area contributed by atoms with E-state index in [1.54, 1.807) is 30.3 Å². The number of halogens is 2. The summed E-state index contributed by atoms with van der Waals surface area (Å²) in [5, 5.41) is 8.34. The molecule has 0 amide bonds. The first-order valence-corrected chi connectivity index (χ1v) is 7.34. The van der Waals surface area contributed by atoms with Crippen LogP contribution >= 0.6 is 11.6 Å². The van der Waals surface area contributed by atoms with E-state index < -0.39 is 5.82 Å². The van der Waals surface area contributed by atoms with E-state index in [0.717, 1.165) is 5.69 Å². The molecule has 118 valence electrons. The molecule has 1 unspecified atom stereocenters. The van der Waals surface area contributed by atoms with Crippen LogP contribution in [0.5, 0.6) is 0 Å². The van der Waals surface area contributed by atoms with E-state index in [2.05, 4.69) is 15.3 Å². The number of benzene rings is 1. The van der Waals surface area contributed by atoms with Crippen molar-refractivity contribution in [2.45, 2.75) is 6.04 Å². The number of rotatable bonds is 5. The molecule has 0 saturated heterocycles. The summed E-state index contributed by atoms with van der Waals surface area (Å²) in [7, 11) is 1.62. The fourth-order valence-corrected chi connectivity index (χ4v) is 2.43. The van der Waals surface area contributed by atoms with Crippen LogP contribution < -0.4 is 0 Å². The van der Waals surface area contributed by atoms with Gasteiger partial charge in [0.1, 0.15) is 17.6 Å². The molecule has 5 nitrogen and oxygen atoms in total. The van der Waals surface area contributed by atoms with Gasteiger partial charge in [0.25, 0.3) is 0 Å². The second-order valence-electron chi connectivity index (χ2n) is 4.94. The van der Waals surface area contributed by atoms with Gasteiger partial charge < -0.3 is 4.74 Å². The predicted octanol–water partition coefficient (Wildman–Crippen LogP) is 3.37. The normalized spacial score (nSPS) is 12.3. The molecule has 0 aliphatic heterocycles. The van der Waals surface area contributed by atoms with E-state index in [1.165, 1.54) is 12.1 Å². The summed E-state index contributed by atoms with van der Waals surface area (Å²) in [6.07, 6.45) is 3.48. The van der Waals surface area contributed by atoms with Gasteiger partial charge in [-0.2, -0.15) is 0 Å². The van der Waals surface area contributed by atoms with Crippen LogP contribution in [0.2, 0.25) is 5.02 Å². The van der Waals surface area contributed by atoms with E-state index in [-0.39, 0.29) is 11.1 Å². The molecule has 7 heteroatoms. The molecule has 0 saturated carbocycles. The van der Waals surface area contributed by atoms with Gasteiger partial charge in [-0.15, -0.1) is 5.10 Å². The van der Waals surface area contributed by atoms with Gasteiger partial charge >= 0.3 is 0 Å². The van der Waals surface area contributed by atoms with E-state index in [9.17, 15) is 4.39 Å². The Labute approximate surface area is 137 Å². The van der Waals surface area contributed by atoms with Crippen molar-refractivity contribution in [2.24, 2.45) is 0 Å². The van der Waals surface area contributed by atoms with Gasteiger partial charge in [-0.05, 0) is 30.3 Å². The van der Waals surface area contributed by atoms with Crippen LogP contribution in [0.25, 0.3) is 11.3 Å². The van der Waals surface area contributed by atoms with Crippen molar-refractivity contribution in [2.75, 3.05) is 13.7 Å². The molecule has 1 aromatic carbocycles. The van der Waals surface area contributed by atoms with Crippen molar-refractivity contribution in [1.29, 1.82) is 0 Å². The molecule has 0 fully saturated rings. The van der Waals surface area contributed by atoms with Gasteiger partial charge in [0.15, 0.2) is 0 Å². The number of methoxy groups -OCH3 is 1. The first kappa shape index (κ1) is 15.6. The van der Waals surface area contributed by atoms with Crippen molar-refractivity contribution in [3.05, 3.63) is 65.3 Å². The standard InChI is InChI=1S/C16H14ClFN4O/c1-23-10-16(14-4-2-3-7-19-14)22-9-15(20-21-22)11-5-6-13(18)12(17)8-11/h2-9,16H,10H2,1H3. The number of ether oxygens (including phenoxy) is 1. The van der Waals surface area contributed by atoms with Gasteiger partial charge in [-0.3, -0.25) is 4.98 Å². The summed E-state index contributed by atoms with van der Waals surface area (Å²) in [5.74, 6) is -0.464. The van der Waals surface area contributed by atoms with Crippen molar-refractivity contribution in [1.82, 2.24) is 20.0 Å². The third-order valence-electron chi connectivity index (χ3n) is 3.40. The fraction of sp³-hybridized carbons (Fsp3) is 0.188. The van der Waals surface area contributed by atoms with Crippen molar-refractivity contribution >= 4 is 11.6 Å². The smallest absolute Gasteiger partial charge is 0.141 e. The highest BCUT2D eigenvalue weighted by Crippen LogP contribution is 2.24. The Morgan fingerprint density at radius 3 is 2.87 bits per heavy atom. The molecule has 0 N–H and O–H groups in total. The predicted molar refractivity (Wildman–Crippen MR) is 84.7 cm³/mol. The largest absolute Gasteiger partial charge is 0.382 e. The van der Waals surface area contributed by atoms with Crippen LogP contribution in [0.4, 0.5) is 4.39 Å². The van der Waals surface area contributed by atoms with Crippen molar-refractivity contribution in [3.8, 4) is 11.3 Å². The van der Waals surface area contributed by atoms with Crippen molar-refractivity contribution < 1.29 is 9.13 Å². The van der Waals surface area contributed by atoms with Gasteiger partial charge in [-0.25, -0.2) is 9.07 Å². The third kappa shape index (κ3) is 3.38. The zero-order valence-electron chi connectivity index (χ0n) is 12.4. The van der Waals surface area contributed by atoms with Gasteiger partial charge in [0.2, 0.25) is 0 Å². The van der Waals surface area contributed by atoms with E-state index in [0.29, 0.717) is 17.9 Å². The van der Waals surface area contributed by atoms with Gasteiger partial charge in [-0.1, -0.05) is 22.9 Å². The van der Waals surface area contributed by atoms with E-state index in [4.69, 9.17) is 16.3 Å². The Bertz CT molecular complexity index is 794.